The zero-order chi connectivity index (χ0) is 9.47. The van der Waals surface area contributed by atoms with Crippen LogP contribution in [0, 0.1) is 5.92 Å². The maximum Gasteiger partial charge on any atom is 0.392 e. The van der Waals surface area contributed by atoms with Crippen LogP contribution in [0.1, 0.15) is 17.9 Å². The number of halogens is 3. The number of alkyl halides is 3. The highest BCUT2D eigenvalue weighted by molar-refractivity contribution is 5.20. The van der Waals surface area contributed by atoms with Crippen LogP contribution in [-0.4, -0.2) is 16.1 Å². The molecule has 0 saturated heterocycles. The first kappa shape index (κ1) is 8.47. The van der Waals surface area contributed by atoms with Gasteiger partial charge in [-0.25, -0.2) is 9.97 Å². The van der Waals surface area contributed by atoms with Crippen LogP contribution in [-0.2, 0) is 0 Å². The molecule has 2 nitrogen and oxygen atoms in total. The number of hydrogen-bond donors (Lipinski definition) is 0. The fraction of sp³-hybridized carbons (Fsp3) is 0.500. The van der Waals surface area contributed by atoms with E-state index in [1.165, 1.54) is 18.7 Å². The standard InChI is InChI=1S/C8H7F3N2/c9-8(10,11)7-1-6(7)5-2-12-4-13-3-5/h2-4,6-7H,1H2/t6-,7+/m1/s1. The Kier molecular flexibility index (Phi) is 1.75. The van der Waals surface area contributed by atoms with Crippen molar-refractivity contribution in [3.63, 3.8) is 0 Å². The molecule has 1 saturated carbocycles. The van der Waals surface area contributed by atoms with E-state index in [2.05, 4.69) is 9.97 Å². The highest BCUT2D eigenvalue weighted by Crippen LogP contribution is 2.55. The molecule has 0 bridgehead atoms. The van der Waals surface area contributed by atoms with E-state index in [0.29, 0.717) is 5.56 Å². The van der Waals surface area contributed by atoms with Crippen molar-refractivity contribution in [1.29, 1.82) is 0 Å². The van der Waals surface area contributed by atoms with Crippen LogP contribution < -0.4 is 0 Å². The van der Waals surface area contributed by atoms with Gasteiger partial charge in [-0.2, -0.15) is 13.2 Å². The van der Waals surface area contributed by atoms with Crippen LogP contribution in [0.25, 0.3) is 0 Å². The molecule has 2 rings (SSSR count). The maximum absolute atomic E-state index is 12.1. The van der Waals surface area contributed by atoms with E-state index in [-0.39, 0.29) is 6.42 Å². The van der Waals surface area contributed by atoms with Crippen LogP contribution >= 0.6 is 0 Å². The molecular weight excluding hydrogens is 181 g/mol. The average molecular weight is 188 g/mol. The molecule has 13 heavy (non-hydrogen) atoms. The third-order valence-electron chi connectivity index (χ3n) is 2.22. The first-order valence-electron chi connectivity index (χ1n) is 3.90. The molecule has 0 spiro atoms. The van der Waals surface area contributed by atoms with Gasteiger partial charge in [-0.15, -0.1) is 0 Å². The van der Waals surface area contributed by atoms with Crippen molar-refractivity contribution >= 4 is 0 Å². The van der Waals surface area contributed by atoms with Crippen molar-refractivity contribution in [2.75, 3.05) is 0 Å². The molecule has 0 radical (unpaired) electrons. The minimum atomic E-state index is -4.07. The second-order valence-electron chi connectivity index (χ2n) is 3.16. The Morgan fingerprint density at radius 1 is 1.23 bits per heavy atom. The van der Waals surface area contributed by atoms with E-state index in [1.54, 1.807) is 0 Å². The van der Waals surface area contributed by atoms with Crippen molar-refractivity contribution in [1.82, 2.24) is 9.97 Å². The Hall–Kier alpha value is -1.13. The zero-order valence-corrected chi connectivity index (χ0v) is 6.62. The van der Waals surface area contributed by atoms with Gasteiger partial charge in [0.25, 0.3) is 0 Å². The number of nitrogens with zero attached hydrogens (tertiary/aromatic N) is 2. The normalized spacial score (nSPS) is 27.3. The Morgan fingerprint density at radius 3 is 2.31 bits per heavy atom. The molecule has 1 aliphatic rings. The van der Waals surface area contributed by atoms with Gasteiger partial charge in [0.2, 0.25) is 0 Å². The Bertz CT molecular complexity index is 296. The lowest BCUT2D eigenvalue weighted by molar-refractivity contribution is -0.148. The van der Waals surface area contributed by atoms with Crippen molar-refractivity contribution in [3.8, 4) is 0 Å². The topological polar surface area (TPSA) is 25.8 Å². The van der Waals surface area contributed by atoms with E-state index in [0.717, 1.165) is 0 Å². The molecule has 5 heteroatoms. The molecule has 1 fully saturated rings. The van der Waals surface area contributed by atoms with Gasteiger partial charge in [0, 0.05) is 12.4 Å². The van der Waals surface area contributed by atoms with Gasteiger partial charge in [-0.1, -0.05) is 0 Å². The summed E-state index contributed by atoms with van der Waals surface area (Å²) in [5.41, 5.74) is 0.588. The molecule has 2 atom stereocenters. The largest absolute Gasteiger partial charge is 0.392 e. The van der Waals surface area contributed by atoms with Crippen LogP contribution in [0.5, 0.6) is 0 Å². The first-order valence-corrected chi connectivity index (χ1v) is 3.90. The summed E-state index contributed by atoms with van der Waals surface area (Å²) >= 11 is 0. The quantitative estimate of drug-likeness (QED) is 0.674. The molecule has 1 heterocycles. The van der Waals surface area contributed by atoms with Crippen molar-refractivity contribution < 1.29 is 13.2 Å². The van der Waals surface area contributed by atoms with E-state index < -0.39 is 18.0 Å². The van der Waals surface area contributed by atoms with Gasteiger partial charge in [0.05, 0.1) is 5.92 Å². The molecule has 0 unspecified atom stereocenters. The van der Waals surface area contributed by atoms with Gasteiger partial charge in [-0.05, 0) is 17.9 Å². The third kappa shape index (κ3) is 1.64. The molecule has 0 N–H and O–H groups in total. The molecule has 1 aromatic heterocycles. The molecule has 0 amide bonds. The van der Waals surface area contributed by atoms with Gasteiger partial charge in [-0.3, -0.25) is 0 Å². The summed E-state index contributed by atoms with van der Waals surface area (Å²) in [6.07, 6.45) is 0.318. The van der Waals surface area contributed by atoms with Crippen LogP contribution in [0.3, 0.4) is 0 Å². The molecule has 1 aliphatic carbocycles. The third-order valence-corrected chi connectivity index (χ3v) is 2.22. The SMILES string of the molecule is FC(F)(F)[C@H]1C[C@@H]1c1cncnc1. The van der Waals surface area contributed by atoms with Gasteiger partial charge in [0.15, 0.2) is 0 Å². The van der Waals surface area contributed by atoms with E-state index in [9.17, 15) is 13.2 Å². The summed E-state index contributed by atoms with van der Waals surface area (Å²) in [4.78, 5) is 7.37. The summed E-state index contributed by atoms with van der Waals surface area (Å²) in [6, 6.07) is 0. The van der Waals surface area contributed by atoms with E-state index in [1.807, 2.05) is 0 Å². The molecule has 1 aromatic rings. The summed E-state index contributed by atoms with van der Waals surface area (Å²) in [7, 11) is 0. The second-order valence-corrected chi connectivity index (χ2v) is 3.16. The lowest BCUT2D eigenvalue weighted by Crippen LogP contribution is -2.11. The average Bonchev–Trinajstić information content (AvgIpc) is 2.83. The molecule has 0 aromatic carbocycles. The predicted molar refractivity (Wildman–Crippen MR) is 38.9 cm³/mol. The molecular formula is C8H7F3N2. The minimum absolute atomic E-state index is 0.177. The van der Waals surface area contributed by atoms with Crippen molar-refractivity contribution in [2.45, 2.75) is 18.5 Å². The maximum atomic E-state index is 12.1. The summed E-state index contributed by atoms with van der Waals surface area (Å²) in [5, 5.41) is 0. The van der Waals surface area contributed by atoms with E-state index >= 15 is 0 Å². The molecule has 70 valence electrons. The smallest absolute Gasteiger partial charge is 0.245 e. The predicted octanol–water partition coefficient (Wildman–Crippen LogP) is 2.14. The lowest BCUT2D eigenvalue weighted by Gasteiger charge is -2.03. The van der Waals surface area contributed by atoms with Gasteiger partial charge in [0.1, 0.15) is 6.33 Å². The van der Waals surface area contributed by atoms with Crippen molar-refractivity contribution in [2.24, 2.45) is 5.92 Å². The van der Waals surface area contributed by atoms with Gasteiger partial charge < -0.3 is 0 Å². The summed E-state index contributed by atoms with van der Waals surface area (Å²) in [6.45, 7) is 0. The van der Waals surface area contributed by atoms with E-state index in [4.69, 9.17) is 0 Å². The number of hydrogen-bond acceptors (Lipinski definition) is 2. The Labute approximate surface area is 72.8 Å². The van der Waals surface area contributed by atoms with Crippen molar-refractivity contribution in [3.05, 3.63) is 24.3 Å². The highest BCUT2D eigenvalue weighted by Gasteiger charge is 2.56. The molecule has 0 aliphatic heterocycles. The summed E-state index contributed by atoms with van der Waals surface area (Å²) in [5.74, 6) is -1.60. The second kappa shape index (κ2) is 2.68. The fourth-order valence-corrected chi connectivity index (χ4v) is 1.43. The number of aromatic nitrogens is 2. The Balaban J connectivity index is 2.09. The van der Waals surface area contributed by atoms with Gasteiger partial charge >= 0.3 is 6.18 Å². The first-order chi connectivity index (χ1) is 6.09. The zero-order valence-electron chi connectivity index (χ0n) is 6.62. The van der Waals surface area contributed by atoms with Crippen LogP contribution in [0.15, 0.2) is 18.7 Å². The lowest BCUT2D eigenvalue weighted by atomic mass is 10.2. The highest BCUT2D eigenvalue weighted by atomic mass is 19.4. The minimum Gasteiger partial charge on any atom is -0.245 e. The van der Waals surface area contributed by atoms with Crippen LogP contribution in [0.2, 0.25) is 0 Å². The number of rotatable bonds is 1. The Morgan fingerprint density at radius 2 is 1.85 bits per heavy atom. The monoisotopic (exact) mass is 188 g/mol. The fourth-order valence-electron chi connectivity index (χ4n) is 1.43. The van der Waals surface area contributed by atoms with Crippen LogP contribution in [0.4, 0.5) is 13.2 Å². The summed E-state index contributed by atoms with van der Waals surface area (Å²) < 4.78 is 36.4.